The van der Waals surface area contributed by atoms with Crippen molar-refractivity contribution >= 4 is 33.4 Å². The average Bonchev–Trinajstić information content (AvgIpc) is 2.32. The Bertz CT molecular complexity index is 607. The Labute approximate surface area is 127 Å². The van der Waals surface area contributed by atoms with Crippen LogP contribution in [0.4, 0.5) is 17.5 Å². The Morgan fingerprint density at radius 1 is 1.20 bits per heavy atom. The van der Waals surface area contributed by atoms with Gasteiger partial charge in [-0.2, -0.15) is 10.1 Å². The first-order valence-corrected chi connectivity index (χ1v) is 7.14. The Morgan fingerprint density at radius 3 is 2.60 bits per heavy atom. The van der Waals surface area contributed by atoms with Crippen molar-refractivity contribution < 1.29 is 0 Å². The standard InChI is InChI=1S/C14H18BrN5/c1-9-7-10(5-6-11(9)15)17-12-8-16-20-13(18-12)19-14(2,3)4/h5-8H,1-4H3,(H2,17,18,19,20). The fourth-order valence-corrected chi connectivity index (χ4v) is 1.87. The number of aromatic nitrogens is 3. The number of nitrogens with one attached hydrogen (secondary N) is 2. The first kappa shape index (κ1) is 14.7. The van der Waals surface area contributed by atoms with Gasteiger partial charge in [0.2, 0.25) is 5.95 Å². The second-order valence-electron chi connectivity index (χ2n) is 5.63. The number of anilines is 3. The predicted octanol–water partition coefficient (Wildman–Crippen LogP) is 3.90. The van der Waals surface area contributed by atoms with Crippen molar-refractivity contribution in [3.63, 3.8) is 0 Å². The largest absolute Gasteiger partial charge is 0.348 e. The summed E-state index contributed by atoms with van der Waals surface area (Å²) in [5.74, 6) is 1.17. The van der Waals surface area contributed by atoms with Crippen LogP contribution in [0, 0.1) is 6.92 Å². The van der Waals surface area contributed by atoms with Crippen LogP contribution in [0.5, 0.6) is 0 Å². The molecule has 0 saturated carbocycles. The maximum Gasteiger partial charge on any atom is 0.245 e. The molecule has 0 radical (unpaired) electrons. The van der Waals surface area contributed by atoms with Crippen LogP contribution in [-0.4, -0.2) is 20.7 Å². The Balaban J connectivity index is 2.17. The molecule has 20 heavy (non-hydrogen) atoms. The van der Waals surface area contributed by atoms with E-state index >= 15 is 0 Å². The van der Waals surface area contributed by atoms with Gasteiger partial charge < -0.3 is 10.6 Å². The molecule has 0 saturated heterocycles. The molecule has 0 aliphatic heterocycles. The molecule has 0 fully saturated rings. The highest BCUT2D eigenvalue weighted by Crippen LogP contribution is 2.22. The summed E-state index contributed by atoms with van der Waals surface area (Å²) in [4.78, 5) is 4.40. The second kappa shape index (κ2) is 5.75. The van der Waals surface area contributed by atoms with E-state index in [0.29, 0.717) is 11.8 Å². The van der Waals surface area contributed by atoms with E-state index in [9.17, 15) is 0 Å². The summed E-state index contributed by atoms with van der Waals surface area (Å²) in [5, 5.41) is 14.4. The third-order valence-corrected chi connectivity index (χ3v) is 3.37. The van der Waals surface area contributed by atoms with Gasteiger partial charge in [0.05, 0.1) is 6.20 Å². The lowest BCUT2D eigenvalue weighted by atomic mass is 10.1. The number of nitrogens with zero attached hydrogens (tertiary/aromatic N) is 3. The molecule has 2 aromatic rings. The minimum atomic E-state index is -0.103. The normalized spacial score (nSPS) is 11.2. The number of benzene rings is 1. The van der Waals surface area contributed by atoms with Crippen LogP contribution in [0.3, 0.4) is 0 Å². The fourth-order valence-electron chi connectivity index (χ4n) is 1.62. The van der Waals surface area contributed by atoms with Crippen LogP contribution in [0.15, 0.2) is 28.9 Å². The summed E-state index contributed by atoms with van der Waals surface area (Å²) in [7, 11) is 0. The van der Waals surface area contributed by atoms with Crippen molar-refractivity contribution in [3.8, 4) is 0 Å². The predicted molar refractivity (Wildman–Crippen MR) is 85.4 cm³/mol. The molecule has 0 spiro atoms. The van der Waals surface area contributed by atoms with Crippen molar-refractivity contribution in [1.29, 1.82) is 0 Å². The third kappa shape index (κ3) is 4.16. The molecule has 106 valence electrons. The van der Waals surface area contributed by atoms with Crippen molar-refractivity contribution in [3.05, 3.63) is 34.4 Å². The highest BCUT2D eigenvalue weighted by atomic mass is 79.9. The minimum absolute atomic E-state index is 0.103. The summed E-state index contributed by atoms with van der Waals surface area (Å²) < 4.78 is 1.08. The summed E-state index contributed by atoms with van der Waals surface area (Å²) in [6.45, 7) is 8.19. The number of aryl methyl sites for hydroxylation is 1. The lowest BCUT2D eigenvalue weighted by Gasteiger charge is -2.20. The molecule has 0 amide bonds. The number of halogens is 1. The molecule has 0 bridgehead atoms. The summed E-state index contributed by atoms with van der Waals surface area (Å²) in [6, 6.07) is 6.03. The van der Waals surface area contributed by atoms with Gasteiger partial charge in [-0.1, -0.05) is 15.9 Å². The summed E-state index contributed by atoms with van der Waals surface area (Å²) in [5.41, 5.74) is 2.02. The van der Waals surface area contributed by atoms with Gasteiger partial charge in [-0.15, -0.1) is 5.10 Å². The molecule has 0 atom stereocenters. The van der Waals surface area contributed by atoms with Crippen molar-refractivity contribution in [1.82, 2.24) is 15.2 Å². The maximum absolute atomic E-state index is 4.40. The van der Waals surface area contributed by atoms with E-state index in [1.54, 1.807) is 6.20 Å². The highest BCUT2D eigenvalue weighted by molar-refractivity contribution is 9.10. The maximum atomic E-state index is 4.40. The molecule has 0 unspecified atom stereocenters. The summed E-state index contributed by atoms with van der Waals surface area (Å²) >= 11 is 3.48. The van der Waals surface area contributed by atoms with Gasteiger partial charge in [0.15, 0.2) is 5.82 Å². The van der Waals surface area contributed by atoms with Crippen LogP contribution in [0.25, 0.3) is 0 Å². The topological polar surface area (TPSA) is 62.7 Å². The lowest BCUT2D eigenvalue weighted by molar-refractivity contribution is 0.623. The minimum Gasteiger partial charge on any atom is -0.348 e. The molecule has 1 heterocycles. The van der Waals surface area contributed by atoms with E-state index in [-0.39, 0.29) is 5.54 Å². The van der Waals surface area contributed by atoms with Crippen molar-refractivity contribution in [2.75, 3.05) is 10.6 Å². The third-order valence-electron chi connectivity index (χ3n) is 2.48. The monoisotopic (exact) mass is 335 g/mol. The number of hydrogen-bond acceptors (Lipinski definition) is 5. The van der Waals surface area contributed by atoms with Gasteiger partial charge in [0.1, 0.15) is 0 Å². The molecule has 2 N–H and O–H groups in total. The highest BCUT2D eigenvalue weighted by Gasteiger charge is 2.12. The smallest absolute Gasteiger partial charge is 0.245 e. The zero-order chi connectivity index (χ0) is 14.8. The van der Waals surface area contributed by atoms with E-state index in [2.05, 4.69) is 62.5 Å². The molecule has 1 aromatic heterocycles. The molecule has 0 aliphatic carbocycles. The van der Waals surface area contributed by atoms with Crippen LogP contribution < -0.4 is 10.6 Å². The van der Waals surface area contributed by atoms with E-state index in [1.807, 2.05) is 25.1 Å². The SMILES string of the molecule is Cc1cc(Nc2cnnc(NC(C)(C)C)n2)ccc1Br. The van der Waals surface area contributed by atoms with Crippen LogP contribution in [0.1, 0.15) is 26.3 Å². The Morgan fingerprint density at radius 2 is 1.95 bits per heavy atom. The zero-order valence-corrected chi connectivity index (χ0v) is 13.6. The molecule has 0 aliphatic rings. The molecular weight excluding hydrogens is 318 g/mol. The van der Waals surface area contributed by atoms with Gasteiger partial charge in [0.25, 0.3) is 0 Å². The Kier molecular flexibility index (Phi) is 4.23. The molecule has 6 heteroatoms. The first-order valence-electron chi connectivity index (χ1n) is 6.34. The lowest BCUT2D eigenvalue weighted by Crippen LogP contribution is -2.27. The van der Waals surface area contributed by atoms with E-state index < -0.39 is 0 Å². The quantitative estimate of drug-likeness (QED) is 0.890. The molecular formula is C14H18BrN5. The van der Waals surface area contributed by atoms with Crippen molar-refractivity contribution in [2.45, 2.75) is 33.2 Å². The second-order valence-corrected chi connectivity index (χ2v) is 6.48. The molecule has 2 rings (SSSR count). The van der Waals surface area contributed by atoms with Gasteiger partial charge in [-0.05, 0) is 51.5 Å². The van der Waals surface area contributed by atoms with Crippen molar-refractivity contribution in [2.24, 2.45) is 0 Å². The van der Waals surface area contributed by atoms with Gasteiger partial charge in [-0.3, -0.25) is 0 Å². The zero-order valence-electron chi connectivity index (χ0n) is 12.0. The average molecular weight is 336 g/mol. The fraction of sp³-hybridized carbons (Fsp3) is 0.357. The molecule has 5 nitrogen and oxygen atoms in total. The van der Waals surface area contributed by atoms with E-state index in [4.69, 9.17) is 0 Å². The Hall–Kier alpha value is -1.69. The van der Waals surface area contributed by atoms with Crippen LogP contribution in [0.2, 0.25) is 0 Å². The number of hydrogen-bond donors (Lipinski definition) is 2. The van der Waals surface area contributed by atoms with E-state index in [0.717, 1.165) is 15.7 Å². The molecule has 1 aromatic carbocycles. The van der Waals surface area contributed by atoms with Crippen LogP contribution >= 0.6 is 15.9 Å². The first-order chi connectivity index (χ1) is 9.33. The van der Waals surface area contributed by atoms with Gasteiger partial charge in [0, 0.05) is 15.7 Å². The van der Waals surface area contributed by atoms with Gasteiger partial charge in [-0.25, -0.2) is 0 Å². The van der Waals surface area contributed by atoms with E-state index in [1.165, 1.54) is 0 Å². The number of rotatable bonds is 3. The van der Waals surface area contributed by atoms with Gasteiger partial charge >= 0.3 is 0 Å². The van der Waals surface area contributed by atoms with Crippen LogP contribution in [-0.2, 0) is 0 Å². The summed E-state index contributed by atoms with van der Waals surface area (Å²) in [6.07, 6.45) is 1.60.